The van der Waals surface area contributed by atoms with Gasteiger partial charge < -0.3 is 0 Å². The molecule has 0 radical (unpaired) electrons. The van der Waals surface area contributed by atoms with Crippen LogP contribution in [0.2, 0.25) is 0 Å². The summed E-state index contributed by atoms with van der Waals surface area (Å²) in [6.45, 7) is 4.28. The number of fused-ring (bicyclic) bond motifs is 5. The molecule has 0 saturated heterocycles. The Kier molecular flexibility index (Phi) is 3.66. The molecule has 0 aromatic carbocycles. The number of hydrogen-bond donors (Lipinski definition) is 0. The van der Waals surface area contributed by atoms with Gasteiger partial charge in [0.1, 0.15) is 0 Å². The molecule has 0 aliphatic heterocycles. The van der Waals surface area contributed by atoms with E-state index >= 15 is 0 Å². The summed E-state index contributed by atoms with van der Waals surface area (Å²) < 4.78 is 39.0. The SMILES string of the molecule is C[C@]12C=CC(=O)C=C1CC[C@@H]1[C@@H]2CC[C@]2(C)C(CC(F)(F)F)=CC[C@@H]12. The van der Waals surface area contributed by atoms with Gasteiger partial charge in [-0.15, -0.1) is 0 Å². The van der Waals surface area contributed by atoms with Crippen LogP contribution >= 0.6 is 0 Å². The van der Waals surface area contributed by atoms with Crippen molar-refractivity contribution in [1.29, 1.82) is 0 Å². The number of ketones is 1. The van der Waals surface area contributed by atoms with Gasteiger partial charge in [0.25, 0.3) is 0 Å². The van der Waals surface area contributed by atoms with E-state index in [-0.39, 0.29) is 16.6 Å². The highest BCUT2D eigenvalue weighted by molar-refractivity contribution is 6.01. The maximum absolute atomic E-state index is 13.0. The molecule has 4 rings (SSSR count). The van der Waals surface area contributed by atoms with Crippen molar-refractivity contribution in [2.75, 3.05) is 0 Å². The summed E-state index contributed by atoms with van der Waals surface area (Å²) >= 11 is 0. The lowest BCUT2D eigenvalue weighted by atomic mass is 9.48. The number of carbonyl (C=O) groups is 1. The molecular formula is C21H25F3O. The highest BCUT2D eigenvalue weighted by Crippen LogP contribution is 2.65. The molecule has 2 fully saturated rings. The topological polar surface area (TPSA) is 17.1 Å². The zero-order valence-electron chi connectivity index (χ0n) is 14.8. The minimum absolute atomic E-state index is 0.0709. The summed E-state index contributed by atoms with van der Waals surface area (Å²) in [5.41, 5.74) is 1.45. The molecule has 25 heavy (non-hydrogen) atoms. The fraction of sp³-hybridized carbons (Fsp3) is 0.667. The van der Waals surface area contributed by atoms with E-state index in [1.165, 1.54) is 5.57 Å². The Labute approximate surface area is 147 Å². The van der Waals surface area contributed by atoms with E-state index < -0.39 is 12.6 Å². The molecule has 136 valence electrons. The van der Waals surface area contributed by atoms with Gasteiger partial charge in [-0.1, -0.05) is 37.1 Å². The van der Waals surface area contributed by atoms with Crippen LogP contribution in [-0.2, 0) is 4.79 Å². The quantitative estimate of drug-likeness (QED) is 0.548. The molecule has 0 bridgehead atoms. The maximum Gasteiger partial charge on any atom is 0.392 e. The second-order valence-electron chi connectivity index (χ2n) is 8.82. The number of carbonyl (C=O) groups excluding carboxylic acids is 1. The van der Waals surface area contributed by atoms with Crippen molar-refractivity contribution in [2.24, 2.45) is 28.6 Å². The van der Waals surface area contributed by atoms with E-state index in [4.69, 9.17) is 0 Å². The maximum atomic E-state index is 13.0. The van der Waals surface area contributed by atoms with Crippen LogP contribution in [0, 0.1) is 28.6 Å². The second kappa shape index (κ2) is 5.34. The fourth-order valence-electron chi connectivity index (χ4n) is 6.34. The van der Waals surface area contributed by atoms with E-state index in [9.17, 15) is 18.0 Å². The largest absolute Gasteiger partial charge is 0.392 e. The minimum Gasteiger partial charge on any atom is -0.290 e. The molecule has 0 unspecified atom stereocenters. The Morgan fingerprint density at radius 3 is 2.68 bits per heavy atom. The zero-order chi connectivity index (χ0) is 18.0. The molecule has 0 aromatic rings. The predicted molar refractivity (Wildman–Crippen MR) is 90.8 cm³/mol. The number of halogens is 3. The van der Waals surface area contributed by atoms with Crippen molar-refractivity contribution < 1.29 is 18.0 Å². The highest BCUT2D eigenvalue weighted by Gasteiger charge is 2.57. The van der Waals surface area contributed by atoms with Gasteiger partial charge in [0, 0.05) is 5.41 Å². The molecule has 2 saturated carbocycles. The average molecular weight is 350 g/mol. The van der Waals surface area contributed by atoms with E-state index in [1.807, 2.05) is 6.08 Å². The first kappa shape index (κ1) is 17.1. The van der Waals surface area contributed by atoms with E-state index in [2.05, 4.69) is 19.9 Å². The van der Waals surface area contributed by atoms with Crippen LogP contribution in [0.25, 0.3) is 0 Å². The molecule has 4 aliphatic carbocycles. The summed E-state index contributed by atoms with van der Waals surface area (Å²) in [7, 11) is 0. The predicted octanol–water partition coefficient (Wildman–Crippen LogP) is 5.78. The summed E-state index contributed by atoms with van der Waals surface area (Å²) in [5.74, 6) is 1.27. The van der Waals surface area contributed by atoms with Crippen LogP contribution in [-0.4, -0.2) is 12.0 Å². The van der Waals surface area contributed by atoms with Crippen LogP contribution in [0.5, 0.6) is 0 Å². The lowest BCUT2D eigenvalue weighted by Gasteiger charge is -2.56. The molecule has 1 nitrogen and oxygen atoms in total. The van der Waals surface area contributed by atoms with Gasteiger partial charge in [0.05, 0.1) is 6.42 Å². The lowest BCUT2D eigenvalue weighted by molar-refractivity contribution is -0.131. The minimum atomic E-state index is -4.12. The first-order valence-corrected chi connectivity index (χ1v) is 9.34. The average Bonchev–Trinajstić information content (AvgIpc) is 2.83. The molecule has 5 atom stereocenters. The van der Waals surface area contributed by atoms with Crippen LogP contribution in [0.1, 0.15) is 52.4 Å². The lowest BCUT2D eigenvalue weighted by Crippen LogP contribution is -2.49. The van der Waals surface area contributed by atoms with E-state index in [1.54, 1.807) is 12.2 Å². The third-order valence-electron chi connectivity index (χ3n) is 7.69. The Balaban J connectivity index is 1.62. The number of alkyl halides is 3. The third-order valence-corrected chi connectivity index (χ3v) is 7.69. The van der Waals surface area contributed by atoms with Crippen LogP contribution < -0.4 is 0 Å². The second-order valence-corrected chi connectivity index (χ2v) is 8.82. The van der Waals surface area contributed by atoms with Gasteiger partial charge in [-0.05, 0) is 67.4 Å². The van der Waals surface area contributed by atoms with Crippen LogP contribution in [0.3, 0.4) is 0 Å². The standard InChI is InChI=1S/C21H25F3O/c1-19-9-7-15(25)11-13(19)3-5-16-17-6-4-14(12-21(22,23)24)20(17,2)10-8-18(16)19/h4,7,9,11,16-18H,3,5-6,8,10,12H2,1-2H3/t16-,17-,18-,19-,20+/m0/s1. The Morgan fingerprint density at radius 2 is 1.96 bits per heavy atom. The van der Waals surface area contributed by atoms with Gasteiger partial charge in [-0.2, -0.15) is 13.2 Å². The Morgan fingerprint density at radius 1 is 1.20 bits per heavy atom. The Hall–Kier alpha value is -1.32. The van der Waals surface area contributed by atoms with Gasteiger partial charge in [0.2, 0.25) is 0 Å². The molecule has 4 aliphatic rings. The van der Waals surface area contributed by atoms with Crippen molar-refractivity contribution in [2.45, 2.75) is 58.5 Å². The number of allylic oxidation sites excluding steroid dienone is 6. The molecule has 0 N–H and O–H groups in total. The van der Waals surface area contributed by atoms with E-state index in [0.717, 1.165) is 32.1 Å². The first-order chi connectivity index (χ1) is 11.6. The summed E-state index contributed by atoms with van der Waals surface area (Å²) in [4.78, 5) is 11.8. The van der Waals surface area contributed by atoms with Crippen LogP contribution in [0.4, 0.5) is 13.2 Å². The number of rotatable bonds is 1. The van der Waals surface area contributed by atoms with Crippen molar-refractivity contribution in [3.05, 3.63) is 35.5 Å². The van der Waals surface area contributed by atoms with Gasteiger partial charge >= 0.3 is 6.18 Å². The smallest absolute Gasteiger partial charge is 0.290 e. The summed E-state index contributed by atoms with van der Waals surface area (Å²) in [6.07, 6.45) is 7.00. The molecule has 4 heteroatoms. The third kappa shape index (κ3) is 2.55. The molecule has 0 spiro atoms. The van der Waals surface area contributed by atoms with Crippen molar-refractivity contribution >= 4 is 5.78 Å². The van der Waals surface area contributed by atoms with Gasteiger partial charge in [0.15, 0.2) is 5.78 Å². The normalized spacial score (nSPS) is 43.1. The molecular weight excluding hydrogens is 325 g/mol. The van der Waals surface area contributed by atoms with E-state index in [0.29, 0.717) is 23.3 Å². The monoisotopic (exact) mass is 350 g/mol. The highest BCUT2D eigenvalue weighted by atomic mass is 19.4. The summed E-state index contributed by atoms with van der Waals surface area (Å²) in [5, 5.41) is 0. The van der Waals surface area contributed by atoms with Gasteiger partial charge in [-0.25, -0.2) is 0 Å². The summed E-state index contributed by atoms with van der Waals surface area (Å²) in [6, 6.07) is 0. The zero-order valence-corrected chi connectivity index (χ0v) is 14.8. The Bertz CT molecular complexity index is 698. The number of hydrogen-bond acceptors (Lipinski definition) is 1. The van der Waals surface area contributed by atoms with Crippen molar-refractivity contribution in [1.82, 2.24) is 0 Å². The van der Waals surface area contributed by atoms with Crippen molar-refractivity contribution in [3.8, 4) is 0 Å². The molecule has 0 amide bonds. The molecule has 0 aromatic heterocycles. The molecule has 0 heterocycles. The fourth-order valence-corrected chi connectivity index (χ4v) is 6.34. The van der Waals surface area contributed by atoms with Gasteiger partial charge in [-0.3, -0.25) is 4.79 Å². The van der Waals surface area contributed by atoms with Crippen molar-refractivity contribution in [3.63, 3.8) is 0 Å². The van der Waals surface area contributed by atoms with Crippen LogP contribution in [0.15, 0.2) is 35.5 Å². The first-order valence-electron chi connectivity index (χ1n) is 9.34.